The number of rotatable bonds is 2. The third-order valence-electron chi connectivity index (χ3n) is 3.94. The molecule has 2 atom stereocenters. The number of hydrogen-bond donors (Lipinski definition) is 1. The molecule has 2 aliphatic rings. The SMILES string of the molecule is CCC1SCCSC1c1nc(N)c2c(n1)CCCC2. The van der Waals surface area contributed by atoms with Gasteiger partial charge in [-0.1, -0.05) is 6.92 Å². The topological polar surface area (TPSA) is 51.8 Å². The second-order valence-corrected chi connectivity index (χ2v) is 7.80. The minimum atomic E-state index is 0.429. The number of nitrogens with zero attached hydrogens (tertiary/aromatic N) is 2. The van der Waals surface area contributed by atoms with E-state index in [1.807, 2.05) is 11.8 Å². The molecular weight excluding hydrogens is 274 g/mol. The molecule has 0 radical (unpaired) electrons. The van der Waals surface area contributed by atoms with Gasteiger partial charge in [0.25, 0.3) is 0 Å². The molecule has 0 saturated carbocycles. The van der Waals surface area contributed by atoms with Gasteiger partial charge < -0.3 is 5.73 Å². The molecule has 1 saturated heterocycles. The zero-order chi connectivity index (χ0) is 13.2. The number of hydrogen-bond acceptors (Lipinski definition) is 5. The first-order valence-electron chi connectivity index (χ1n) is 7.18. The van der Waals surface area contributed by atoms with Crippen LogP contribution in [0.1, 0.15) is 48.5 Å². The predicted octanol–water partition coefficient (Wildman–Crippen LogP) is 3.24. The minimum absolute atomic E-state index is 0.429. The molecule has 1 fully saturated rings. The molecule has 3 nitrogen and oxygen atoms in total. The van der Waals surface area contributed by atoms with Crippen molar-refractivity contribution < 1.29 is 0 Å². The quantitative estimate of drug-likeness (QED) is 0.907. The Morgan fingerprint density at radius 3 is 2.79 bits per heavy atom. The van der Waals surface area contributed by atoms with Crippen molar-refractivity contribution in [1.29, 1.82) is 0 Å². The van der Waals surface area contributed by atoms with Gasteiger partial charge in [0.15, 0.2) is 0 Å². The highest BCUT2D eigenvalue weighted by atomic mass is 32.2. The summed E-state index contributed by atoms with van der Waals surface area (Å²) in [6.45, 7) is 2.26. The third kappa shape index (κ3) is 2.72. The summed E-state index contributed by atoms with van der Waals surface area (Å²) < 4.78 is 0. The lowest BCUT2D eigenvalue weighted by atomic mass is 9.96. The van der Waals surface area contributed by atoms with Gasteiger partial charge in [0.2, 0.25) is 0 Å². The number of nitrogen functional groups attached to an aromatic ring is 1. The Morgan fingerprint density at radius 1 is 1.16 bits per heavy atom. The highest BCUT2D eigenvalue weighted by Gasteiger charge is 2.30. The molecule has 1 aliphatic carbocycles. The van der Waals surface area contributed by atoms with Crippen molar-refractivity contribution in [2.24, 2.45) is 0 Å². The fourth-order valence-corrected chi connectivity index (χ4v) is 5.90. The van der Waals surface area contributed by atoms with Gasteiger partial charge in [-0.3, -0.25) is 0 Å². The molecule has 3 rings (SSSR count). The molecule has 2 unspecified atom stereocenters. The maximum atomic E-state index is 6.17. The van der Waals surface area contributed by atoms with Crippen molar-refractivity contribution in [3.63, 3.8) is 0 Å². The molecule has 0 amide bonds. The van der Waals surface area contributed by atoms with Crippen LogP contribution in [0.5, 0.6) is 0 Å². The summed E-state index contributed by atoms with van der Waals surface area (Å²) in [6, 6.07) is 0. The monoisotopic (exact) mass is 295 g/mol. The van der Waals surface area contributed by atoms with Crippen LogP contribution >= 0.6 is 23.5 Å². The van der Waals surface area contributed by atoms with E-state index in [-0.39, 0.29) is 0 Å². The van der Waals surface area contributed by atoms with E-state index in [1.165, 1.54) is 42.0 Å². The molecular formula is C14H21N3S2. The van der Waals surface area contributed by atoms with Gasteiger partial charge in [-0.05, 0) is 32.1 Å². The highest BCUT2D eigenvalue weighted by Crippen LogP contribution is 2.43. The standard InChI is InChI=1S/C14H21N3S2/c1-2-11-12(19-8-7-18-11)14-16-10-6-4-3-5-9(10)13(15)17-14/h11-12H,2-8H2,1H3,(H2,15,16,17). The number of fused-ring (bicyclic) bond motifs is 1. The van der Waals surface area contributed by atoms with Crippen molar-refractivity contribution in [1.82, 2.24) is 9.97 Å². The van der Waals surface area contributed by atoms with Crippen LogP contribution in [0.3, 0.4) is 0 Å². The molecule has 0 aromatic carbocycles. The molecule has 1 aliphatic heterocycles. The number of aryl methyl sites for hydroxylation is 1. The molecule has 0 spiro atoms. The molecule has 5 heteroatoms. The number of aromatic nitrogens is 2. The van der Waals surface area contributed by atoms with E-state index in [9.17, 15) is 0 Å². The van der Waals surface area contributed by atoms with E-state index in [2.05, 4.69) is 23.7 Å². The van der Waals surface area contributed by atoms with Crippen LogP contribution in [0.4, 0.5) is 5.82 Å². The van der Waals surface area contributed by atoms with Crippen molar-refractivity contribution in [3.8, 4) is 0 Å². The van der Waals surface area contributed by atoms with Crippen molar-refractivity contribution in [3.05, 3.63) is 17.1 Å². The van der Waals surface area contributed by atoms with Crippen LogP contribution in [-0.2, 0) is 12.8 Å². The Labute approximate surface area is 123 Å². The number of thioether (sulfide) groups is 2. The van der Waals surface area contributed by atoms with Gasteiger partial charge >= 0.3 is 0 Å². The maximum Gasteiger partial charge on any atom is 0.145 e. The van der Waals surface area contributed by atoms with E-state index < -0.39 is 0 Å². The summed E-state index contributed by atoms with van der Waals surface area (Å²) in [5.74, 6) is 4.18. The number of anilines is 1. The van der Waals surface area contributed by atoms with Crippen molar-refractivity contribution in [2.75, 3.05) is 17.2 Å². The van der Waals surface area contributed by atoms with E-state index >= 15 is 0 Å². The fraction of sp³-hybridized carbons (Fsp3) is 0.714. The summed E-state index contributed by atoms with van der Waals surface area (Å²) in [5.41, 5.74) is 8.61. The normalized spacial score (nSPS) is 27.0. The Hall–Kier alpha value is -0.420. The van der Waals surface area contributed by atoms with Crippen LogP contribution in [0.25, 0.3) is 0 Å². The van der Waals surface area contributed by atoms with Crippen LogP contribution in [0.15, 0.2) is 0 Å². The van der Waals surface area contributed by atoms with Crippen molar-refractivity contribution >= 4 is 29.3 Å². The Balaban J connectivity index is 1.93. The molecule has 1 aromatic heterocycles. The summed E-state index contributed by atoms with van der Waals surface area (Å²) in [7, 11) is 0. The van der Waals surface area contributed by atoms with Gasteiger partial charge in [-0.15, -0.1) is 11.8 Å². The average molecular weight is 295 g/mol. The van der Waals surface area contributed by atoms with Gasteiger partial charge in [-0.2, -0.15) is 11.8 Å². The fourth-order valence-electron chi connectivity index (χ4n) is 2.91. The Bertz CT molecular complexity index is 464. The van der Waals surface area contributed by atoms with Gasteiger partial charge in [0.1, 0.15) is 11.6 Å². The first-order chi connectivity index (χ1) is 9.29. The Kier molecular flexibility index (Phi) is 4.22. The van der Waals surface area contributed by atoms with E-state index in [0.29, 0.717) is 10.5 Å². The Morgan fingerprint density at radius 2 is 1.95 bits per heavy atom. The molecule has 1 aromatic rings. The molecule has 0 bridgehead atoms. The lowest BCUT2D eigenvalue weighted by molar-refractivity contribution is 0.649. The summed E-state index contributed by atoms with van der Waals surface area (Å²) in [4.78, 5) is 9.51. The summed E-state index contributed by atoms with van der Waals surface area (Å²) in [5, 5.41) is 1.07. The van der Waals surface area contributed by atoms with Gasteiger partial charge in [0, 0.05) is 28.0 Å². The number of nitrogens with two attached hydrogens (primary N) is 1. The van der Waals surface area contributed by atoms with Crippen LogP contribution in [-0.4, -0.2) is 26.7 Å². The lowest BCUT2D eigenvalue weighted by Crippen LogP contribution is -2.22. The summed E-state index contributed by atoms with van der Waals surface area (Å²) >= 11 is 4.07. The van der Waals surface area contributed by atoms with E-state index in [0.717, 1.165) is 24.5 Å². The van der Waals surface area contributed by atoms with E-state index in [4.69, 9.17) is 10.7 Å². The second kappa shape index (κ2) is 5.92. The average Bonchev–Trinajstić information content (AvgIpc) is 2.47. The summed E-state index contributed by atoms with van der Waals surface area (Å²) in [6.07, 6.45) is 5.79. The van der Waals surface area contributed by atoms with Gasteiger partial charge in [0.05, 0.1) is 5.25 Å². The van der Waals surface area contributed by atoms with Gasteiger partial charge in [-0.25, -0.2) is 9.97 Å². The molecule has 2 heterocycles. The largest absolute Gasteiger partial charge is 0.383 e. The van der Waals surface area contributed by atoms with Crippen LogP contribution < -0.4 is 5.73 Å². The zero-order valence-corrected chi connectivity index (χ0v) is 13.0. The van der Waals surface area contributed by atoms with E-state index in [1.54, 1.807) is 0 Å². The highest BCUT2D eigenvalue weighted by molar-refractivity contribution is 8.06. The van der Waals surface area contributed by atoms with Crippen LogP contribution in [0.2, 0.25) is 0 Å². The third-order valence-corrected chi connectivity index (χ3v) is 7.18. The first kappa shape index (κ1) is 13.6. The zero-order valence-electron chi connectivity index (χ0n) is 11.4. The predicted molar refractivity (Wildman–Crippen MR) is 84.8 cm³/mol. The maximum absolute atomic E-state index is 6.17. The molecule has 104 valence electrons. The minimum Gasteiger partial charge on any atom is -0.383 e. The molecule has 19 heavy (non-hydrogen) atoms. The molecule has 2 N–H and O–H groups in total. The second-order valence-electron chi connectivity index (χ2n) is 5.21. The first-order valence-corrected chi connectivity index (χ1v) is 9.27. The smallest absolute Gasteiger partial charge is 0.145 e. The van der Waals surface area contributed by atoms with Crippen molar-refractivity contribution in [2.45, 2.75) is 49.5 Å². The lowest BCUT2D eigenvalue weighted by Gasteiger charge is -2.29. The van der Waals surface area contributed by atoms with Crippen LogP contribution in [0, 0.1) is 0 Å².